The predicted molar refractivity (Wildman–Crippen MR) is 40.2 cm³/mol. The topological polar surface area (TPSA) is 26.0 Å². The lowest BCUT2D eigenvalue weighted by molar-refractivity contribution is 0.300. The zero-order valence-corrected chi connectivity index (χ0v) is 6.82. The molecule has 0 aliphatic carbocycles. The van der Waals surface area contributed by atoms with Gasteiger partial charge in [0.15, 0.2) is 0 Å². The van der Waals surface area contributed by atoms with Crippen LogP contribution < -0.4 is 5.73 Å². The summed E-state index contributed by atoms with van der Waals surface area (Å²) in [6.07, 6.45) is -0.137. The van der Waals surface area contributed by atoms with Crippen LogP contribution in [0.5, 0.6) is 0 Å². The molecule has 0 saturated carbocycles. The van der Waals surface area contributed by atoms with E-state index in [1.165, 1.54) is 6.92 Å². The Balaban J connectivity index is 0. The maximum atomic E-state index is 12.0. The van der Waals surface area contributed by atoms with Crippen LogP contribution in [0.1, 0.15) is 34.1 Å². The van der Waals surface area contributed by atoms with E-state index < -0.39 is 6.17 Å². The number of rotatable bonds is 2. The highest BCUT2D eigenvalue weighted by molar-refractivity contribution is 4.63. The standard InChI is InChI=1S/C5H12FN.C2H6/c1-3-5(7)4(2)6;1-2/h4-5H,3,7H2,1-2H3;1-2H3. The summed E-state index contributed by atoms with van der Waals surface area (Å²) in [5.41, 5.74) is 5.24. The zero-order valence-electron chi connectivity index (χ0n) is 6.82. The van der Waals surface area contributed by atoms with Gasteiger partial charge in [0.05, 0.1) is 0 Å². The van der Waals surface area contributed by atoms with Gasteiger partial charge in [0.2, 0.25) is 0 Å². The first kappa shape index (κ1) is 11.7. The van der Waals surface area contributed by atoms with E-state index in [4.69, 9.17) is 5.73 Å². The fourth-order valence-electron chi connectivity index (χ4n) is 0.325. The van der Waals surface area contributed by atoms with Gasteiger partial charge in [0.1, 0.15) is 6.17 Å². The van der Waals surface area contributed by atoms with E-state index in [0.29, 0.717) is 0 Å². The summed E-state index contributed by atoms with van der Waals surface area (Å²) in [6, 6.07) is -0.264. The summed E-state index contributed by atoms with van der Waals surface area (Å²) in [5, 5.41) is 0. The van der Waals surface area contributed by atoms with Crippen LogP contribution >= 0.6 is 0 Å². The van der Waals surface area contributed by atoms with Gasteiger partial charge in [-0.05, 0) is 13.3 Å². The summed E-state index contributed by atoms with van der Waals surface area (Å²) in [7, 11) is 0. The Labute approximate surface area is 57.4 Å². The number of alkyl halides is 1. The number of hydrogen-bond donors (Lipinski definition) is 1. The lowest BCUT2D eigenvalue weighted by atomic mass is 10.2. The van der Waals surface area contributed by atoms with Crippen molar-refractivity contribution in [2.75, 3.05) is 0 Å². The van der Waals surface area contributed by atoms with Crippen molar-refractivity contribution in [3.8, 4) is 0 Å². The third kappa shape index (κ3) is 7.89. The minimum Gasteiger partial charge on any atom is -0.325 e. The zero-order chi connectivity index (χ0) is 7.86. The molecule has 0 aromatic carbocycles. The maximum absolute atomic E-state index is 12.0. The minimum atomic E-state index is -0.856. The molecule has 0 rings (SSSR count). The highest BCUT2D eigenvalue weighted by atomic mass is 19.1. The molecule has 2 N–H and O–H groups in total. The fraction of sp³-hybridized carbons (Fsp3) is 1.00. The van der Waals surface area contributed by atoms with Crippen molar-refractivity contribution in [3.05, 3.63) is 0 Å². The predicted octanol–water partition coefficient (Wildman–Crippen LogP) is 2.11. The Hall–Kier alpha value is -0.110. The molecule has 2 heteroatoms. The third-order valence-electron chi connectivity index (χ3n) is 1.06. The van der Waals surface area contributed by atoms with Crippen LogP contribution in [0.2, 0.25) is 0 Å². The van der Waals surface area contributed by atoms with E-state index in [1.807, 2.05) is 20.8 Å². The van der Waals surface area contributed by atoms with Crippen molar-refractivity contribution in [2.45, 2.75) is 46.3 Å². The summed E-state index contributed by atoms with van der Waals surface area (Å²) in [5.74, 6) is 0. The number of hydrogen-bond acceptors (Lipinski definition) is 1. The van der Waals surface area contributed by atoms with Crippen molar-refractivity contribution in [1.82, 2.24) is 0 Å². The molecule has 0 amide bonds. The normalized spacial score (nSPS) is 15.3. The van der Waals surface area contributed by atoms with Gasteiger partial charge >= 0.3 is 0 Å². The van der Waals surface area contributed by atoms with E-state index >= 15 is 0 Å². The molecule has 0 fully saturated rings. The van der Waals surface area contributed by atoms with Crippen LogP contribution in [0.25, 0.3) is 0 Å². The van der Waals surface area contributed by atoms with Gasteiger partial charge < -0.3 is 5.73 Å². The lowest BCUT2D eigenvalue weighted by Gasteiger charge is -2.07. The SMILES string of the molecule is CC.CCC(N)C(C)F. The van der Waals surface area contributed by atoms with E-state index in [0.717, 1.165) is 6.42 Å². The van der Waals surface area contributed by atoms with Crippen molar-refractivity contribution >= 4 is 0 Å². The van der Waals surface area contributed by atoms with E-state index in [-0.39, 0.29) is 6.04 Å². The smallest absolute Gasteiger partial charge is 0.112 e. The van der Waals surface area contributed by atoms with Crippen LogP contribution in [0.3, 0.4) is 0 Å². The first-order valence-electron chi connectivity index (χ1n) is 3.58. The number of nitrogens with two attached hydrogens (primary N) is 1. The molecule has 0 aliphatic heterocycles. The monoisotopic (exact) mass is 135 g/mol. The highest BCUT2D eigenvalue weighted by Crippen LogP contribution is 1.96. The van der Waals surface area contributed by atoms with Crippen LogP contribution in [0.4, 0.5) is 4.39 Å². The largest absolute Gasteiger partial charge is 0.325 e. The molecule has 2 unspecified atom stereocenters. The quantitative estimate of drug-likeness (QED) is 0.616. The Morgan fingerprint density at radius 2 is 1.78 bits per heavy atom. The molecule has 0 aromatic heterocycles. The summed E-state index contributed by atoms with van der Waals surface area (Å²) in [4.78, 5) is 0. The molecule has 2 atom stereocenters. The molecule has 0 aliphatic rings. The molecule has 0 spiro atoms. The summed E-state index contributed by atoms with van der Waals surface area (Å²) >= 11 is 0. The molecule has 0 radical (unpaired) electrons. The molecule has 0 heterocycles. The molecular weight excluding hydrogens is 117 g/mol. The average Bonchev–Trinajstić information content (AvgIpc) is 1.91. The first-order chi connectivity index (χ1) is 4.18. The molecule has 0 saturated heterocycles. The van der Waals surface area contributed by atoms with Gasteiger partial charge in [-0.3, -0.25) is 0 Å². The second-order valence-corrected chi connectivity index (χ2v) is 1.75. The van der Waals surface area contributed by atoms with E-state index in [1.54, 1.807) is 0 Å². The van der Waals surface area contributed by atoms with Gasteiger partial charge in [0, 0.05) is 6.04 Å². The fourth-order valence-corrected chi connectivity index (χ4v) is 0.325. The molecular formula is C7H18FN. The van der Waals surface area contributed by atoms with Crippen LogP contribution in [-0.2, 0) is 0 Å². The Bertz CT molecular complexity index is 46.2. The van der Waals surface area contributed by atoms with Crippen LogP contribution in [0.15, 0.2) is 0 Å². The van der Waals surface area contributed by atoms with Gasteiger partial charge in [-0.1, -0.05) is 20.8 Å². The van der Waals surface area contributed by atoms with Crippen molar-refractivity contribution in [1.29, 1.82) is 0 Å². The second kappa shape index (κ2) is 7.89. The first-order valence-corrected chi connectivity index (χ1v) is 3.58. The van der Waals surface area contributed by atoms with Crippen LogP contribution in [-0.4, -0.2) is 12.2 Å². The highest BCUT2D eigenvalue weighted by Gasteiger charge is 2.05. The Morgan fingerprint density at radius 1 is 1.44 bits per heavy atom. The minimum absolute atomic E-state index is 0.264. The molecule has 0 aromatic rings. The van der Waals surface area contributed by atoms with Gasteiger partial charge in [-0.2, -0.15) is 0 Å². The molecule has 0 bridgehead atoms. The van der Waals surface area contributed by atoms with Gasteiger partial charge in [-0.15, -0.1) is 0 Å². The van der Waals surface area contributed by atoms with Crippen molar-refractivity contribution in [3.63, 3.8) is 0 Å². The summed E-state index contributed by atoms with van der Waals surface area (Å²) < 4.78 is 12.0. The third-order valence-corrected chi connectivity index (χ3v) is 1.06. The van der Waals surface area contributed by atoms with Gasteiger partial charge in [0.25, 0.3) is 0 Å². The molecule has 9 heavy (non-hydrogen) atoms. The van der Waals surface area contributed by atoms with E-state index in [2.05, 4.69) is 0 Å². The van der Waals surface area contributed by atoms with Crippen molar-refractivity contribution in [2.24, 2.45) is 5.73 Å². The average molecular weight is 135 g/mol. The lowest BCUT2D eigenvalue weighted by Crippen LogP contribution is -2.28. The Morgan fingerprint density at radius 3 is 1.78 bits per heavy atom. The van der Waals surface area contributed by atoms with Gasteiger partial charge in [-0.25, -0.2) is 4.39 Å². The summed E-state index contributed by atoms with van der Waals surface area (Å²) in [6.45, 7) is 7.36. The maximum Gasteiger partial charge on any atom is 0.112 e. The number of halogens is 1. The van der Waals surface area contributed by atoms with E-state index in [9.17, 15) is 4.39 Å². The van der Waals surface area contributed by atoms with Crippen molar-refractivity contribution < 1.29 is 4.39 Å². The second-order valence-electron chi connectivity index (χ2n) is 1.75. The molecule has 1 nitrogen and oxygen atoms in total. The van der Waals surface area contributed by atoms with Crippen LogP contribution in [0, 0.1) is 0 Å². The Kier molecular flexibility index (Phi) is 10.2. The molecule has 58 valence electrons.